The van der Waals surface area contributed by atoms with E-state index in [0.29, 0.717) is 5.69 Å². The van der Waals surface area contributed by atoms with E-state index in [1.54, 1.807) is 25.6 Å². The van der Waals surface area contributed by atoms with Crippen molar-refractivity contribution in [3.63, 3.8) is 0 Å². The molecule has 1 amide bonds. The lowest BCUT2D eigenvalue weighted by Crippen LogP contribution is -2.14. The summed E-state index contributed by atoms with van der Waals surface area (Å²) in [5.41, 5.74) is 2.57. The van der Waals surface area contributed by atoms with Gasteiger partial charge in [0.05, 0.1) is 20.0 Å². The van der Waals surface area contributed by atoms with Crippen LogP contribution in [0.1, 0.15) is 0 Å². The van der Waals surface area contributed by atoms with E-state index < -0.39 is 0 Å². The van der Waals surface area contributed by atoms with Crippen LogP contribution < -0.4 is 14.8 Å². The van der Waals surface area contributed by atoms with Gasteiger partial charge < -0.3 is 14.8 Å². The van der Waals surface area contributed by atoms with Crippen molar-refractivity contribution in [3.05, 3.63) is 60.2 Å². The third-order valence-corrected chi connectivity index (χ3v) is 6.28. The largest absolute Gasteiger partial charge is 0.497 e. The number of fused-ring (bicyclic) bond motifs is 1. The maximum Gasteiger partial charge on any atom is 0.234 e. The number of nitrogens with zero attached hydrogens (tertiary/aromatic N) is 2. The molecule has 0 spiro atoms. The van der Waals surface area contributed by atoms with Gasteiger partial charge in [-0.1, -0.05) is 23.9 Å². The van der Waals surface area contributed by atoms with Crippen molar-refractivity contribution in [1.82, 2.24) is 9.97 Å². The van der Waals surface area contributed by atoms with E-state index in [2.05, 4.69) is 15.3 Å². The normalized spacial score (nSPS) is 10.7. The summed E-state index contributed by atoms with van der Waals surface area (Å²) >= 11 is 2.96. The zero-order valence-electron chi connectivity index (χ0n) is 16.4. The molecule has 152 valence electrons. The number of thioether (sulfide) groups is 1. The molecule has 0 bridgehead atoms. The van der Waals surface area contributed by atoms with Gasteiger partial charge in [-0.3, -0.25) is 4.79 Å². The third kappa shape index (κ3) is 4.39. The fraction of sp³-hybridized carbons (Fsp3) is 0.136. The number of methoxy groups -OCH3 is 2. The molecule has 0 unspecified atom stereocenters. The zero-order chi connectivity index (χ0) is 20.9. The van der Waals surface area contributed by atoms with E-state index in [1.807, 2.05) is 53.9 Å². The van der Waals surface area contributed by atoms with Crippen LogP contribution in [0.2, 0.25) is 0 Å². The Kier molecular flexibility index (Phi) is 6.15. The van der Waals surface area contributed by atoms with E-state index >= 15 is 0 Å². The molecule has 0 atom stereocenters. The Bertz CT molecular complexity index is 1180. The summed E-state index contributed by atoms with van der Waals surface area (Å²) in [5.74, 6) is 1.66. The van der Waals surface area contributed by atoms with Crippen molar-refractivity contribution in [3.8, 4) is 22.6 Å². The minimum atomic E-state index is -0.104. The lowest BCUT2D eigenvalue weighted by atomic mass is 10.0. The minimum Gasteiger partial charge on any atom is -0.497 e. The first-order chi connectivity index (χ1) is 14.7. The number of thiophene rings is 1. The van der Waals surface area contributed by atoms with Crippen LogP contribution in [0.25, 0.3) is 21.3 Å². The molecule has 2 heterocycles. The zero-order valence-corrected chi connectivity index (χ0v) is 18.0. The average Bonchev–Trinajstić information content (AvgIpc) is 3.27. The van der Waals surface area contributed by atoms with Gasteiger partial charge in [0.1, 0.15) is 27.7 Å². The highest BCUT2D eigenvalue weighted by Crippen LogP contribution is 2.34. The summed E-state index contributed by atoms with van der Waals surface area (Å²) in [7, 11) is 3.26. The highest BCUT2D eigenvalue weighted by atomic mass is 32.2. The van der Waals surface area contributed by atoms with Gasteiger partial charge in [-0.2, -0.15) is 0 Å². The standard InChI is InChI=1S/C22H19N3O3S2/c1-27-16-6-3-14(4-7-16)18-11-15(5-8-19(18)28-2)25-20(26)12-30-22-17-9-10-29-21(17)23-13-24-22/h3-11,13H,12H2,1-2H3,(H,25,26). The molecule has 2 aromatic heterocycles. The number of hydrogen-bond donors (Lipinski definition) is 1. The van der Waals surface area contributed by atoms with Crippen molar-refractivity contribution in [2.24, 2.45) is 0 Å². The van der Waals surface area contributed by atoms with Crippen molar-refractivity contribution in [2.45, 2.75) is 5.03 Å². The van der Waals surface area contributed by atoms with E-state index in [4.69, 9.17) is 9.47 Å². The topological polar surface area (TPSA) is 73.3 Å². The second kappa shape index (κ2) is 9.15. The van der Waals surface area contributed by atoms with Crippen LogP contribution in [-0.4, -0.2) is 35.8 Å². The van der Waals surface area contributed by atoms with Crippen LogP contribution in [0, 0.1) is 0 Å². The highest BCUT2D eigenvalue weighted by molar-refractivity contribution is 8.00. The fourth-order valence-electron chi connectivity index (χ4n) is 3.00. The summed E-state index contributed by atoms with van der Waals surface area (Å²) in [6, 6.07) is 15.3. The molecule has 0 radical (unpaired) electrons. The van der Waals surface area contributed by atoms with Gasteiger partial charge in [0.15, 0.2) is 0 Å². The monoisotopic (exact) mass is 437 g/mol. The number of anilines is 1. The molecule has 0 saturated carbocycles. The number of nitrogens with one attached hydrogen (secondary N) is 1. The summed E-state index contributed by atoms with van der Waals surface area (Å²) < 4.78 is 10.7. The molecule has 0 aliphatic heterocycles. The van der Waals surface area contributed by atoms with Crippen molar-refractivity contribution in [2.75, 3.05) is 25.3 Å². The van der Waals surface area contributed by atoms with Crippen LogP contribution in [-0.2, 0) is 4.79 Å². The minimum absolute atomic E-state index is 0.104. The number of benzene rings is 2. The molecular weight excluding hydrogens is 418 g/mol. The summed E-state index contributed by atoms with van der Waals surface area (Å²) in [4.78, 5) is 22.0. The Balaban J connectivity index is 1.48. The maximum atomic E-state index is 12.5. The molecule has 4 rings (SSSR count). The first kappa shape index (κ1) is 20.2. The number of hydrogen-bond acceptors (Lipinski definition) is 7. The quantitative estimate of drug-likeness (QED) is 0.320. The maximum absolute atomic E-state index is 12.5. The molecule has 0 aliphatic rings. The van der Waals surface area contributed by atoms with E-state index in [-0.39, 0.29) is 11.7 Å². The van der Waals surface area contributed by atoms with Crippen molar-refractivity contribution in [1.29, 1.82) is 0 Å². The Morgan fingerprint density at radius 2 is 1.90 bits per heavy atom. The van der Waals surface area contributed by atoms with E-state index in [9.17, 15) is 4.79 Å². The van der Waals surface area contributed by atoms with Crippen LogP contribution in [0.4, 0.5) is 5.69 Å². The average molecular weight is 438 g/mol. The number of amides is 1. The van der Waals surface area contributed by atoms with Crippen molar-refractivity contribution < 1.29 is 14.3 Å². The number of aromatic nitrogens is 2. The number of ether oxygens (including phenoxy) is 2. The molecule has 0 fully saturated rings. The third-order valence-electron chi connectivity index (χ3n) is 4.45. The van der Waals surface area contributed by atoms with Crippen LogP contribution >= 0.6 is 23.1 Å². The van der Waals surface area contributed by atoms with Gasteiger partial charge in [-0.05, 0) is 47.3 Å². The first-order valence-corrected chi connectivity index (χ1v) is 11.0. The highest BCUT2D eigenvalue weighted by Gasteiger charge is 2.12. The van der Waals surface area contributed by atoms with E-state index in [0.717, 1.165) is 37.9 Å². The first-order valence-electron chi connectivity index (χ1n) is 9.11. The summed E-state index contributed by atoms with van der Waals surface area (Å²) in [5, 5.41) is 6.72. The van der Waals surface area contributed by atoms with Crippen LogP contribution in [0.3, 0.4) is 0 Å². The Morgan fingerprint density at radius 1 is 1.07 bits per heavy atom. The van der Waals surface area contributed by atoms with Crippen molar-refractivity contribution >= 4 is 44.9 Å². The smallest absolute Gasteiger partial charge is 0.234 e. The molecule has 0 aliphatic carbocycles. The second-order valence-corrected chi connectivity index (χ2v) is 8.16. The van der Waals surface area contributed by atoms with Gasteiger partial charge in [0, 0.05) is 16.6 Å². The molecule has 0 saturated heterocycles. The van der Waals surface area contributed by atoms with Gasteiger partial charge in [-0.15, -0.1) is 11.3 Å². The van der Waals surface area contributed by atoms with Gasteiger partial charge >= 0.3 is 0 Å². The fourth-order valence-corrected chi connectivity index (χ4v) is 4.57. The van der Waals surface area contributed by atoms with Gasteiger partial charge in [0.2, 0.25) is 5.91 Å². The Labute approximate surface area is 182 Å². The van der Waals surface area contributed by atoms with E-state index in [1.165, 1.54) is 18.1 Å². The summed E-state index contributed by atoms with van der Waals surface area (Å²) in [6.45, 7) is 0. The SMILES string of the molecule is COc1ccc(-c2cc(NC(=O)CSc3ncnc4sccc34)ccc2OC)cc1. The molecule has 2 aromatic carbocycles. The second-order valence-electron chi connectivity index (χ2n) is 6.30. The molecule has 30 heavy (non-hydrogen) atoms. The number of carbonyl (C=O) groups excluding carboxylic acids is 1. The molecule has 1 N–H and O–H groups in total. The van der Waals surface area contributed by atoms with Crippen LogP contribution in [0.5, 0.6) is 11.5 Å². The Morgan fingerprint density at radius 3 is 2.67 bits per heavy atom. The Hall–Kier alpha value is -3.10. The van der Waals surface area contributed by atoms with Crippen LogP contribution in [0.15, 0.2) is 65.3 Å². The van der Waals surface area contributed by atoms with Gasteiger partial charge in [-0.25, -0.2) is 9.97 Å². The molecule has 4 aromatic rings. The molecule has 6 nitrogen and oxygen atoms in total. The molecular formula is C22H19N3O3S2. The predicted molar refractivity (Wildman–Crippen MR) is 122 cm³/mol. The number of rotatable bonds is 7. The lowest BCUT2D eigenvalue weighted by molar-refractivity contribution is -0.113. The summed E-state index contributed by atoms with van der Waals surface area (Å²) in [6.07, 6.45) is 1.53. The molecule has 8 heteroatoms. The lowest BCUT2D eigenvalue weighted by Gasteiger charge is -2.12. The number of carbonyl (C=O) groups is 1. The predicted octanol–water partition coefficient (Wildman–Crippen LogP) is 5.11. The van der Waals surface area contributed by atoms with Gasteiger partial charge in [0.25, 0.3) is 0 Å².